The van der Waals surface area contributed by atoms with Crippen molar-refractivity contribution in [2.45, 2.75) is 5.92 Å². The Morgan fingerprint density at radius 1 is 0.952 bits per heavy atom. The van der Waals surface area contributed by atoms with Crippen LogP contribution in [-0.2, 0) is 0 Å². The van der Waals surface area contributed by atoms with Crippen molar-refractivity contribution in [2.75, 3.05) is 34.4 Å². The van der Waals surface area contributed by atoms with Crippen LogP contribution in [0.3, 0.4) is 0 Å². The van der Waals surface area contributed by atoms with Crippen molar-refractivity contribution in [3.8, 4) is 17.2 Å². The van der Waals surface area contributed by atoms with Gasteiger partial charge in [-0.3, -0.25) is 0 Å². The number of methoxy groups -OCH3 is 3. The van der Waals surface area contributed by atoms with Crippen molar-refractivity contribution in [3.63, 3.8) is 0 Å². The van der Waals surface area contributed by atoms with E-state index < -0.39 is 0 Å². The zero-order valence-corrected chi connectivity index (χ0v) is 12.1. The van der Waals surface area contributed by atoms with Crippen molar-refractivity contribution in [1.29, 1.82) is 0 Å². The molecule has 0 spiro atoms. The van der Waals surface area contributed by atoms with Crippen molar-refractivity contribution in [1.82, 2.24) is 0 Å². The summed E-state index contributed by atoms with van der Waals surface area (Å²) in [4.78, 5) is 5.46. The zero-order valence-electron chi connectivity index (χ0n) is 12.1. The van der Waals surface area contributed by atoms with Crippen LogP contribution in [0.1, 0.15) is 11.5 Å². The molecule has 0 aliphatic heterocycles. The lowest BCUT2D eigenvalue weighted by Crippen LogP contribution is -2.07. The van der Waals surface area contributed by atoms with Crippen LogP contribution in [0.15, 0.2) is 22.4 Å². The molecule has 0 amide bonds. The molecule has 112 valence electrons. The van der Waals surface area contributed by atoms with E-state index in [4.69, 9.17) is 25.3 Å². The largest absolute Gasteiger partial charge is 0.493 e. The van der Waals surface area contributed by atoms with Crippen LogP contribution < -0.4 is 14.2 Å². The van der Waals surface area contributed by atoms with Gasteiger partial charge in [0.25, 0.3) is 0 Å². The summed E-state index contributed by atoms with van der Waals surface area (Å²) in [7, 11) is 4.53. The number of benzene rings is 1. The SMILES string of the molecule is COc1cc(C(CN=[N+]=[N-])CN=[N+]=[N-])cc(OC)c1OC. The van der Waals surface area contributed by atoms with E-state index in [0.29, 0.717) is 17.2 Å². The molecule has 21 heavy (non-hydrogen) atoms. The van der Waals surface area contributed by atoms with Gasteiger partial charge < -0.3 is 14.2 Å². The van der Waals surface area contributed by atoms with E-state index in [1.54, 1.807) is 12.1 Å². The Kier molecular flexibility index (Phi) is 6.53. The van der Waals surface area contributed by atoms with E-state index in [1.807, 2.05) is 0 Å². The van der Waals surface area contributed by atoms with Crippen LogP contribution in [0.5, 0.6) is 17.2 Å². The van der Waals surface area contributed by atoms with Crippen LogP contribution in [0.4, 0.5) is 0 Å². The Bertz CT molecular complexity index is 533. The third kappa shape index (κ3) is 4.10. The Labute approximate surface area is 121 Å². The predicted octanol–water partition coefficient (Wildman–Crippen LogP) is 3.42. The van der Waals surface area contributed by atoms with Gasteiger partial charge in [0.2, 0.25) is 5.75 Å². The smallest absolute Gasteiger partial charge is 0.203 e. The van der Waals surface area contributed by atoms with Crippen molar-refractivity contribution in [2.24, 2.45) is 10.2 Å². The molecule has 0 N–H and O–H groups in total. The second-order valence-electron chi connectivity index (χ2n) is 3.98. The summed E-state index contributed by atoms with van der Waals surface area (Å²) in [6.45, 7) is 0.322. The molecule has 0 saturated heterocycles. The molecule has 0 unspecified atom stereocenters. The van der Waals surface area contributed by atoms with Gasteiger partial charge in [-0.25, -0.2) is 0 Å². The van der Waals surface area contributed by atoms with E-state index in [-0.39, 0.29) is 19.0 Å². The van der Waals surface area contributed by atoms with Gasteiger partial charge in [0.1, 0.15) is 0 Å². The van der Waals surface area contributed by atoms with Gasteiger partial charge in [0.05, 0.1) is 21.3 Å². The van der Waals surface area contributed by atoms with Gasteiger partial charge in [-0.2, -0.15) is 0 Å². The van der Waals surface area contributed by atoms with Crippen LogP contribution in [0, 0.1) is 0 Å². The van der Waals surface area contributed by atoms with Gasteiger partial charge in [-0.15, -0.1) is 0 Å². The summed E-state index contributed by atoms with van der Waals surface area (Å²) < 4.78 is 15.8. The Morgan fingerprint density at radius 3 is 1.76 bits per heavy atom. The normalized spacial score (nSPS) is 10.8. The second kappa shape index (κ2) is 8.42. The first-order chi connectivity index (χ1) is 10.2. The highest BCUT2D eigenvalue weighted by Gasteiger charge is 2.18. The van der Waals surface area contributed by atoms with Crippen molar-refractivity contribution < 1.29 is 14.2 Å². The maximum absolute atomic E-state index is 8.46. The van der Waals surface area contributed by atoms with Crippen LogP contribution in [0.2, 0.25) is 0 Å². The second-order valence-corrected chi connectivity index (χ2v) is 3.98. The molecule has 9 nitrogen and oxygen atoms in total. The van der Waals surface area contributed by atoms with E-state index in [0.717, 1.165) is 5.56 Å². The maximum atomic E-state index is 8.46. The van der Waals surface area contributed by atoms with E-state index in [1.165, 1.54) is 21.3 Å². The topological polar surface area (TPSA) is 125 Å². The lowest BCUT2D eigenvalue weighted by Gasteiger charge is -2.18. The fraction of sp³-hybridized carbons (Fsp3) is 0.500. The summed E-state index contributed by atoms with van der Waals surface area (Å²) in [6.07, 6.45) is 0. The average molecular weight is 292 g/mol. The van der Waals surface area contributed by atoms with Gasteiger partial charge in [0.15, 0.2) is 11.5 Å². The molecule has 1 aromatic rings. The number of azide groups is 2. The Morgan fingerprint density at radius 2 is 1.43 bits per heavy atom. The average Bonchev–Trinajstić information content (AvgIpc) is 2.53. The lowest BCUT2D eigenvalue weighted by molar-refractivity contribution is 0.323. The van der Waals surface area contributed by atoms with Crippen LogP contribution >= 0.6 is 0 Å². The third-order valence-corrected chi connectivity index (χ3v) is 2.89. The molecule has 0 fully saturated rings. The minimum absolute atomic E-state index is 0.161. The monoisotopic (exact) mass is 292 g/mol. The van der Waals surface area contributed by atoms with E-state index >= 15 is 0 Å². The molecule has 0 aliphatic carbocycles. The molecule has 0 bridgehead atoms. The van der Waals surface area contributed by atoms with Crippen molar-refractivity contribution >= 4 is 0 Å². The number of rotatable bonds is 8. The Hall–Kier alpha value is -2.76. The first-order valence-electron chi connectivity index (χ1n) is 6.03. The quantitative estimate of drug-likeness (QED) is 0.414. The Balaban J connectivity index is 3.29. The summed E-state index contributed by atoms with van der Waals surface area (Å²) >= 11 is 0. The molecule has 1 aromatic carbocycles. The minimum atomic E-state index is -0.273. The number of hydrogen-bond acceptors (Lipinski definition) is 5. The van der Waals surface area contributed by atoms with Gasteiger partial charge >= 0.3 is 0 Å². The molecule has 0 atom stereocenters. The molecular weight excluding hydrogens is 276 g/mol. The maximum Gasteiger partial charge on any atom is 0.203 e. The van der Waals surface area contributed by atoms with Gasteiger partial charge in [-0.05, 0) is 34.7 Å². The van der Waals surface area contributed by atoms with E-state index in [9.17, 15) is 0 Å². The first kappa shape index (κ1) is 16.3. The first-order valence-corrected chi connectivity index (χ1v) is 6.03. The van der Waals surface area contributed by atoms with E-state index in [2.05, 4.69) is 20.1 Å². The zero-order chi connectivity index (χ0) is 15.7. The van der Waals surface area contributed by atoms with Crippen LogP contribution in [0.25, 0.3) is 20.9 Å². The van der Waals surface area contributed by atoms with Gasteiger partial charge in [-0.1, -0.05) is 10.2 Å². The lowest BCUT2D eigenvalue weighted by atomic mass is 9.98. The molecule has 0 aromatic heterocycles. The third-order valence-electron chi connectivity index (χ3n) is 2.89. The number of ether oxygens (including phenoxy) is 3. The molecular formula is C12H16N6O3. The fourth-order valence-electron chi connectivity index (χ4n) is 1.88. The van der Waals surface area contributed by atoms with Crippen LogP contribution in [-0.4, -0.2) is 34.4 Å². The summed E-state index contributed by atoms with van der Waals surface area (Å²) in [6, 6.07) is 3.48. The standard InChI is InChI=1S/C12H16N6O3/c1-19-10-4-8(5-11(20-2)12(10)21-3)9(6-15-17-13)7-16-18-14/h4-5,9H,6-7H2,1-3H3. The molecule has 9 heteroatoms. The molecule has 0 heterocycles. The highest BCUT2D eigenvalue weighted by Crippen LogP contribution is 2.40. The summed E-state index contributed by atoms with van der Waals surface area (Å²) in [5.74, 6) is 1.16. The fourth-order valence-corrected chi connectivity index (χ4v) is 1.88. The summed E-state index contributed by atoms with van der Waals surface area (Å²) in [5, 5.41) is 7.08. The highest BCUT2D eigenvalue weighted by molar-refractivity contribution is 5.54. The van der Waals surface area contributed by atoms with Gasteiger partial charge in [0, 0.05) is 22.9 Å². The molecule has 0 radical (unpaired) electrons. The number of nitrogens with zero attached hydrogens (tertiary/aromatic N) is 6. The number of hydrogen-bond donors (Lipinski definition) is 0. The summed E-state index contributed by atoms with van der Waals surface area (Å²) in [5.41, 5.74) is 17.7. The minimum Gasteiger partial charge on any atom is -0.493 e. The van der Waals surface area contributed by atoms with Crippen molar-refractivity contribution in [3.05, 3.63) is 38.6 Å². The molecule has 0 aliphatic rings. The molecule has 1 rings (SSSR count). The predicted molar refractivity (Wildman–Crippen MR) is 76.9 cm³/mol. The molecule has 0 saturated carbocycles. The highest BCUT2D eigenvalue weighted by atomic mass is 16.5.